The van der Waals surface area contributed by atoms with Crippen LogP contribution in [0.15, 0.2) is 114 Å². The lowest BCUT2D eigenvalue weighted by atomic mass is 9.99. The number of ketones is 1. The van der Waals surface area contributed by atoms with Gasteiger partial charge in [-0.05, 0) is 78.6 Å². The fourth-order valence-electron chi connectivity index (χ4n) is 4.31. The van der Waals surface area contributed by atoms with Crippen LogP contribution in [-0.2, 0) is 4.79 Å². The third-order valence-electron chi connectivity index (χ3n) is 6.59. The van der Waals surface area contributed by atoms with Crippen molar-refractivity contribution < 1.29 is 14.3 Å². The molecule has 5 rings (SSSR count). The minimum absolute atomic E-state index is 0.115. The highest BCUT2D eigenvalue weighted by Gasteiger charge is 2.22. The number of nitriles is 1. The first kappa shape index (κ1) is 29.5. The van der Waals surface area contributed by atoms with E-state index >= 15 is 0 Å². The second-order valence-corrected chi connectivity index (χ2v) is 11.8. The standard InChI is InChI=1S/C35H27N3O3S2/c1-23(34(40)37-27-15-13-25(14-16-27)33(39)18-17-29-12-7-19-42-29)43-35-31(22-36)30(24-8-4-3-5-9-24)21-32(38-35)26-10-6-11-28(20-26)41-2/h3-21,23H,1-2H3,(H,37,40)/b18-17+. The van der Waals surface area contributed by atoms with E-state index in [0.29, 0.717) is 33.3 Å². The number of ether oxygens (including phenoxy) is 1. The van der Waals surface area contributed by atoms with Gasteiger partial charge in [0.05, 0.1) is 23.6 Å². The zero-order chi connectivity index (χ0) is 30.2. The molecule has 0 aliphatic heterocycles. The molecule has 212 valence electrons. The minimum Gasteiger partial charge on any atom is -0.497 e. The molecule has 43 heavy (non-hydrogen) atoms. The van der Waals surface area contributed by atoms with E-state index in [2.05, 4.69) is 11.4 Å². The van der Waals surface area contributed by atoms with Crippen LogP contribution in [0.2, 0.25) is 0 Å². The van der Waals surface area contributed by atoms with Crippen LogP contribution < -0.4 is 10.1 Å². The van der Waals surface area contributed by atoms with E-state index < -0.39 is 5.25 Å². The first-order valence-electron chi connectivity index (χ1n) is 13.4. The van der Waals surface area contributed by atoms with E-state index in [-0.39, 0.29) is 11.7 Å². The largest absolute Gasteiger partial charge is 0.497 e. The van der Waals surface area contributed by atoms with Gasteiger partial charge in [0.2, 0.25) is 5.91 Å². The van der Waals surface area contributed by atoms with Crippen LogP contribution in [0, 0.1) is 11.3 Å². The molecule has 6 nitrogen and oxygen atoms in total. The maximum atomic E-state index is 13.2. The van der Waals surface area contributed by atoms with Gasteiger partial charge in [-0.1, -0.05) is 60.3 Å². The van der Waals surface area contributed by atoms with Gasteiger partial charge >= 0.3 is 0 Å². The number of hydrogen-bond donors (Lipinski definition) is 1. The number of benzene rings is 3. The number of carbonyl (C=O) groups excluding carboxylic acids is 2. The van der Waals surface area contributed by atoms with Crippen LogP contribution >= 0.6 is 23.1 Å². The number of nitrogens with zero attached hydrogens (tertiary/aromatic N) is 2. The van der Waals surface area contributed by atoms with Gasteiger partial charge in [0, 0.05) is 27.3 Å². The van der Waals surface area contributed by atoms with Crippen LogP contribution in [0.4, 0.5) is 5.69 Å². The third-order valence-corrected chi connectivity index (χ3v) is 8.51. The van der Waals surface area contributed by atoms with Gasteiger partial charge in [-0.3, -0.25) is 9.59 Å². The summed E-state index contributed by atoms with van der Waals surface area (Å²) < 4.78 is 5.41. The van der Waals surface area contributed by atoms with Crippen molar-refractivity contribution in [3.05, 3.63) is 125 Å². The molecular formula is C35H27N3O3S2. The molecule has 1 unspecified atom stereocenters. The number of rotatable bonds is 10. The molecule has 0 aliphatic carbocycles. The summed E-state index contributed by atoms with van der Waals surface area (Å²) in [5, 5.41) is 15.0. The minimum atomic E-state index is -0.571. The molecule has 3 aromatic carbocycles. The molecule has 2 heterocycles. The number of carbonyl (C=O) groups is 2. The molecule has 0 saturated carbocycles. The van der Waals surface area contributed by atoms with Gasteiger partial charge in [-0.25, -0.2) is 4.98 Å². The average molecular weight is 602 g/mol. The molecule has 0 fully saturated rings. The first-order valence-corrected chi connectivity index (χ1v) is 15.2. The maximum absolute atomic E-state index is 13.2. The number of amides is 1. The zero-order valence-corrected chi connectivity index (χ0v) is 25.1. The van der Waals surface area contributed by atoms with Crippen molar-refractivity contribution >= 4 is 46.6 Å². The average Bonchev–Trinajstić information content (AvgIpc) is 3.58. The zero-order valence-electron chi connectivity index (χ0n) is 23.5. The maximum Gasteiger partial charge on any atom is 0.237 e. The molecule has 0 aliphatic rings. The summed E-state index contributed by atoms with van der Waals surface area (Å²) >= 11 is 2.78. The number of thiophene rings is 1. The fourth-order valence-corrected chi connectivity index (χ4v) is 5.86. The van der Waals surface area contributed by atoms with Gasteiger partial charge < -0.3 is 10.1 Å². The Balaban J connectivity index is 1.37. The Morgan fingerprint density at radius 1 is 0.977 bits per heavy atom. The summed E-state index contributed by atoms with van der Waals surface area (Å²) in [4.78, 5) is 31.6. The normalized spacial score (nSPS) is 11.6. The van der Waals surface area contributed by atoms with Crippen LogP contribution in [0.25, 0.3) is 28.5 Å². The third kappa shape index (κ3) is 7.28. The number of methoxy groups -OCH3 is 1. The number of aromatic nitrogens is 1. The lowest BCUT2D eigenvalue weighted by Gasteiger charge is -2.16. The van der Waals surface area contributed by atoms with Crippen molar-refractivity contribution in [1.29, 1.82) is 5.26 Å². The van der Waals surface area contributed by atoms with Crippen molar-refractivity contribution in [3.63, 3.8) is 0 Å². The summed E-state index contributed by atoms with van der Waals surface area (Å²) in [6, 6.07) is 32.1. The Kier molecular flexibility index (Phi) is 9.47. The summed E-state index contributed by atoms with van der Waals surface area (Å²) in [5.41, 5.74) is 4.61. The van der Waals surface area contributed by atoms with Gasteiger partial charge in [-0.2, -0.15) is 5.26 Å². The van der Waals surface area contributed by atoms with E-state index in [0.717, 1.165) is 21.6 Å². The predicted octanol–water partition coefficient (Wildman–Crippen LogP) is 8.37. The Morgan fingerprint density at radius 3 is 2.44 bits per heavy atom. The molecule has 1 atom stereocenters. The van der Waals surface area contributed by atoms with Gasteiger partial charge in [0.15, 0.2) is 5.78 Å². The topological polar surface area (TPSA) is 92.1 Å². The smallest absolute Gasteiger partial charge is 0.237 e. The number of anilines is 1. The molecule has 2 aromatic heterocycles. The van der Waals surface area contributed by atoms with Crippen LogP contribution in [0.1, 0.15) is 27.7 Å². The summed E-state index contributed by atoms with van der Waals surface area (Å²) in [5.74, 6) is 0.328. The molecule has 0 bridgehead atoms. The van der Waals surface area contributed by atoms with E-state index in [1.54, 1.807) is 61.8 Å². The number of hydrogen-bond acceptors (Lipinski definition) is 7. The van der Waals surface area contributed by atoms with Crippen LogP contribution in [0.3, 0.4) is 0 Å². The molecule has 0 radical (unpaired) electrons. The molecule has 5 aromatic rings. The molecule has 8 heteroatoms. The van der Waals surface area contributed by atoms with Crippen molar-refractivity contribution in [2.75, 3.05) is 12.4 Å². The van der Waals surface area contributed by atoms with E-state index in [1.807, 2.05) is 78.2 Å². The Morgan fingerprint density at radius 2 is 1.74 bits per heavy atom. The van der Waals surface area contributed by atoms with Crippen molar-refractivity contribution in [2.24, 2.45) is 0 Å². The van der Waals surface area contributed by atoms with Gasteiger partial charge in [-0.15, -0.1) is 11.3 Å². The molecule has 1 N–H and O–H groups in total. The lowest BCUT2D eigenvalue weighted by Crippen LogP contribution is -2.22. The van der Waals surface area contributed by atoms with Crippen molar-refractivity contribution in [1.82, 2.24) is 4.98 Å². The van der Waals surface area contributed by atoms with Gasteiger partial charge in [0.1, 0.15) is 16.8 Å². The van der Waals surface area contributed by atoms with Crippen molar-refractivity contribution in [2.45, 2.75) is 17.2 Å². The Labute approximate surface area is 258 Å². The monoisotopic (exact) mass is 601 g/mol. The first-order chi connectivity index (χ1) is 20.9. The number of thioether (sulfide) groups is 1. The van der Waals surface area contributed by atoms with E-state index in [4.69, 9.17) is 9.72 Å². The SMILES string of the molecule is COc1cccc(-c2cc(-c3ccccc3)c(C#N)c(SC(C)C(=O)Nc3ccc(C(=O)/C=C/c4cccs4)cc3)n2)c1. The highest BCUT2D eigenvalue weighted by molar-refractivity contribution is 8.00. The second-order valence-electron chi connectivity index (χ2n) is 9.48. The van der Waals surface area contributed by atoms with Crippen molar-refractivity contribution in [3.8, 4) is 34.2 Å². The van der Waals surface area contributed by atoms with Crippen LogP contribution in [0.5, 0.6) is 5.75 Å². The summed E-state index contributed by atoms with van der Waals surface area (Å²) in [7, 11) is 1.61. The predicted molar refractivity (Wildman–Crippen MR) is 174 cm³/mol. The Hall–Kier alpha value is -4.97. The molecule has 1 amide bonds. The summed E-state index contributed by atoms with van der Waals surface area (Å²) in [6.45, 7) is 1.77. The number of allylic oxidation sites excluding steroid dienone is 1. The van der Waals surface area contributed by atoms with Gasteiger partial charge in [0.25, 0.3) is 0 Å². The lowest BCUT2D eigenvalue weighted by molar-refractivity contribution is -0.115. The van der Waals surface area contributed by atoms with E-state index in [1.165, 1.54) is 11.8 Å². The molecular weight excluding hydrogens is 575 g/mol. The highest BCUT2D eigenvalue weighted by atomic mass is 32.2. The number of nitrogens with one attached hydrogen (secondary N) is 1. The van der Waals surface area contributed by atoms with Crippen LogP contribution in [-0.4, -0.2) is 29.0 Å². The van der Waals surface area contributed by atoms with E-state index in [9.17, 15) is 14.9 Å². The summed E-state index contributed by atoms with van der Waals surface area (Å²) in [6.07, 6.45) is 3.33. The second kappa shape index (κ2) is 13.8. The highest BCUT2D eigenvalue weighted by Crippen LogP contribution is 2.36. The quantitative estimate of drug-likeness (QED) is 0.0982. The molecule has 0 spiro atoms. The Bertz CT molecular complexity index is 1810. The molecule has 0 saturated heterocycles. The number of pyridine rings is 1. The fraction of sp³-hybridized carbons (Fsp3) is 0.0857.